The second-order valence-corrected chi connectivity index (χ2v) is 14.1. The summed E-state index contributed by atoms with van der Waals surface area (Å²) in [5, 5.41) is 23.7. The molecular weight excluding hydrogens is 654 g/mol. The van der Waals surface area contributed by atoms with Gasteiger partial charge in [-0.2, -0.15) is 4.31 Å². The maximum atomic E-state index is 13.6. The van der Waals surface area contributed by atoms with Gasteiger partial charge in [-0.15, -0.1) is 0 Å². The van der Waals surface area contributed by atoms with Crippen LogP contribution in [-0.4, -0.2) is 116 Å². The van der Waals surface area contributed by atoms with E-state index in [0.29, 0.717) is 57.0 Å². The molecule has 0 unspecified atom stereocenters. The standard InChI is InChI=1S/C32H39N9O7S/c42-26(19-37-28(43)21-5-4-6-22(17-21)38-32-35-15-16-40(32)31-33-13-14-34-31)36-18-25(30(45)46)39-29(44)27-20-9-11-23(12-10-20)41(27)49(47,48)24-7-2-1-3-8-24/h1-8,17,20,23,25,27H,9-16,18-19H2,(H,33,34)(H,35,38)(H,36,42)(H,37,43)(H,39,44)(H,45,46)/t20?,23?,25-,27+/m0/s1. The molecule has 16 nitrogen and oxygen atoms in total. The van der Waals surface area contributed by atoms with Gasteiger partial charge in [0.2, 0.25) is 33.8 Å². The van der Waals surface area contributed by atoms with E-state index in [1.165, 1.54) is 16.4 Å². The summed E-state index contributed by atoms with van der Waals surface area (Å²) >= 11 is 0. The number of hydrogen-bond donors (Lipinski definition) is 6. The first-order valence-electron chi connectivity index (χ1n) is 16.3. The number of carbonyl (C=O) groups is 4. The van der Waals surface area contributed by atoms with Crippen molar-refractivity contribution in [3.63, 3.8) is 0 Å². The Hall–Kier alpha value is -5.03. The van der Waals surface area contributed by atoms with E-state index in [1.54, 1.807) is 42.5 Å². The third-order valence-electron chi connectivity index (χ3n) is 9.07. The fourth-order valence-electron chi connectivity index (χ4n) is 6.69. The normalized spacial score (nSPS) is 22.4. The SMILES string of the molecule is O=C(CNC(=O)c1cccc(NC2=NCCN2C2=NCCN2)c1)NC[C@H](NC(=O)[C@H]1C2CCC(CC2)N1S(=O)(=O)c1ccccc1)C(=O)O. The minimum Gasteiger partial charge on any atom is -0.480 e. The highest BCUT2D eigenvalue weighted by atomic mass is 32.2. The van der Waals surface area contributed by atoms with Crippen molar-refractivity contribution in [2.75, 3.05) is 44.6 Å². The topological polar surface area (TPSA) is 214 Å². The molecule has 17 heteroatoms. The summed E-state index contributed by atoms with van der Waals surface area (Å²) in [6, 6.07) is 11.6. The molecule has 4 heterocycles. The summed E-state index contributed by atoms with van der Waals surface area (Å²) < 4.78 is 28.5. The molecule has 3 amide bonds. The summed E-state index contributed by atoms with van der Waals surface area (Å²) in [4.78, 5) is 62.0. The van der Waals surface area contributed by atoms with Crippen molar-refractivity contribution in [2.45, 2.75) is 48.7 Å². The zero-order valence-electron chi connectivity index (χ0n) is 26.7. The van der Waals surface area contributed by atoms with E-state index in [0.717, 1.165) is 12.5 Å². The molecular formula is C32H39N9O7S. The number of guanidine groups is 2. The Morgan fingerprint density at radius 2 is 1.73 bits per heavy atom. The molecule has 2 aromatic carbocycles. The van der Waals surface area contributed by atoms with Crippen molar-refractivity contribution in [3.05, 3.63) is 60.2 Å². The van der Waals surface area contributed by atoms with Crippen LogP contribution >= 0.6 is 0 Å². The van der Waals surface area contributed by atoms with Crippen molar-refractivity contribution in [1.29, 1.82) is 0 Å². The predicted molar refractivity (Wildman–Crippen MR) is 179 cm³/mol. The van der Waals surface area contributed by atoms with E-state index in [9.17, 15) is 32.7 Å². The van der Waals surface area contributed by atoms with E-state index in [1.807, 2.05) is 4.90 Å². The van der Waals surface area contributed by atoms with Crippen molar-refractivity contribution in [2.24, 2.45) is 15.9 Å². The maximum Gasteiger partial charge on any atom is 0.328 e. The maximum absolute atomic E-state index is 13.6. The molecule has 0 aromatic heterocycles. The number of amides is 3. The number of nitrogens with zero attached hydrogens (tertiary/aromatic N) is 4. The summed E-state index contributed by atoms with van der Waals surface area (Å²) in [5.74, 6) is -2.24. The van der Waals surface area contributed by atoms with Crippen LogP contribution in [-0.2, 0) is 24.4 Å². The average Bonchev–Trinajstić information content (AvgIpc) is 3.82. The van der Waals surface area contributed by atoms with Crippen molar-refractivity contribution < 1.29 is 32.7 Å². The van der Waals surface area contributed by atoms with Crippen molar-refractivity contribution in [1.82, 2.24) is 30.5 Å². The fraction of sp³-hybridized carbons (Fsp3) is 0.438. The minimum atomic E-state index is -4.03. The van der Waals surface area contributed by atoms with Crippen LogP contribution in [0.2, 0.25) is 0 Å². The van der Waals surface area contributed by atoms with E-state index in [4.69, 9.17) is 0 Å². The lowest BCUT2D eigenvalue weighted by Crippen LogP contribution is -2.64. The third-order valence-corrected chi connectivity index (χ3v) is 11.0. The zero-order chi connectivity index (χ0) is 34.5. The summed E-state index contributed by atoms with van der Waals surface area (Å²) in [6.07, 6.45) is 2.54. The molecule has 260 valence electrons. The van der Waals surface area contributed by atoms with Crippen LogP contribution < -0.4 is 26.6 Å². The van der Waals surface area contributed by atoms with Gasteiger partial charge in [-0.1, -0.05) is 24.3 Å². The Kier molecular flexibility index (Phi) is 10.1. The Morgan fingerprint density at radius 1 is 0.959 bits per heavy atom. The first kappa shape index (κ1) is 33.9. The Labute approximate surface area is 283 Å². The minimum absolute atomic E-state index is 0.0644. The number of benzene rings is 2. The van der Waals surface area contributed by atoms with Crippen molar-refractivity contribution in [3.8, 4) is 0 Å². The van der Waals surface area contributed by atoms with Gasteiger partial charge in [-0.25, -0.2) is 13.2 Å². The van der Waals surface area contributed by atoms with Gasteiger partial charge in [0.1, 0.15) is 12.1 Å². The number of piperidine rings is 2. The molecule has 2 bridgehead atoms. The number of aliphatic carboxylic acids is 1. The number of carboxylic acids is 1. The highest BCUT2D eigenvalue weighted by molar-refractivity contribution is 7.89. The largest absolute Gasteiger partial charge is 0.480 e. The molecule has 1 saturated carbocycles. The molecule has 2 saturated heterocycles. The molecule has 5 aliphatic rings. The van der Waals surface area contributed by atoms with Gasteiger partial charge in [-0.05, 0) is 61.9 Å². The van der Waals surface area contributed by atoms with E-state index in [2.05, 4.69) is 36.6 Å². The average molecular weight is 694 g/mol. The van der Waals surface area contributed by atoms with Gasteiger partial charge >= 0.3 is 5.97 Å². The number of anilines is 1. The summed E-state index contributed by atoms with van der Waals surface area (Å²) in [5.41, 5.74) is 0.898. The lowest BCUT2D eigenvalue weighted by Gasteiger charge is -2.49. The lowest BCUT2D eigenvalue weighted by atomic mass is 9.76. The van der Waals surface area contributed by atoms with Gasteiger partial charge in [-0.3, -0.25) is 29.3 Å². The number of nitrogens with one attached hydrogen (secondary N) is 5. The van der Waals surface area contributed by atoms with E-state index >= 15 is 0 Å². The molecule has 1 aliphatic carbocycles. The fourth-order valence-corrected chi connectivity index (χ4v) is 8.60. The molecule has 3 fully saturated rings. The van der Waals surface area contributed by atoms with Gasteiger partial charge in [0.05, 0.1) is 24.5 Å². The number of rotatable bonds is 11. The van der Waals surface area contributed by atoms with E-state index < -0.39 is 58.9 Å². The summed E-state index contributed by atoms with van der Waals surface area (Å²) in [7, 11) is -4.03. The Bertz CT molecular complexity index is 1760. The van der Waals surface area contributed by atoms with Crippen LogP contribution in [0, 0.1) is 5.92 Å². The van der Waals surface area contributed by atoms with Crippen LogP contribution in [0.15, 0.2) is 69.5 Å². The smallest absolute Gasteiger partial charge is 0.328 e. The second kappa shape index (κ2) is 14.6. The molecule has 6 N–H and O–H groups in total. The highest BCUT2D eigenvalue weighted by Crippen LogP contribution is 2.42. The molecule has 0 radical (unpaired) electrons. The van der Waals surface area contributed by atoms with Crippen LogP contribution in [0.4, 0.5) is 5.69 Å². The van der Waals surface area contributed by atoms with Gasteiger partial charge in [0, 0.05) is 36.9 Å². The van der Waals surface area contributed by atoms with Crippen molar-refractivity contribution >= 4 is 51.3 Å². The number of aliphatic imine (C=N–C) groups is 2. The van der Waals surface area contributed by atoms with Crippen LogP contribution in [0.3, 0.4) is 0 Å². The molecule has 0 spiro atoms. The molecule has 2 aromatic rings. The third kappa shape index (κ3) is 7.51. The first-order chi connectivity index (χ1) is 23.6. The second-order valence-electron chi connectivity index (χ2n) is 12.2. The number of fused-ring (bicyclic) bond motifs is 3. The van der Waals surface area contributed by atoms with Crippen LogP contribution in [0.5, 0.6) is 0 Å². The zero-order valence-corrected chi connectivity index (χ0v) is 27.5. The van der Waals surface area contributed by atoms with E-state index in [-0.39, 0.29) is 22.4 Å². The Morgan fingerprint density at radius 3 is 2.45 bits per heavy atom. The number of carboxylic acid groups (broad SMARTS) is 1. The Balaban J connectivity index is 1.02. The number of hydrogen-bond acceptors (Lipinski definition) is 11. The summed E-state index contributed by atoms with van der Waals surface area (Å²) in [6.45, 7) is 1.80. The van der Waals surface area contributed by atoms with Crippen LogP contribution in [0.25, 0.3) is 0 Å². The molecule has 49 heavy (non-hydrogen) atoms. The quantitative estimate of drug-likeness (QED) is 0.182. The van der Waals surface area contributed by atoms with Gasteiger partial charge in [0.15, 0.2) is 0 Å². The lowest BCUT2D eigenvalue weighted by molar-refractivity contribution is -0.143. The predicted octanol–water partition coefficient (Wildman–Crippen LogP) is -0.223. The monoisotopic (exact) mass is 693 g/mol. The van der Waals surface area contributed by atoms with Gasteiger partial charge < -0.3 is 31.7 Å². The molecule has 7 rings (SSSR count). The van der Waals surface area contributed by atoms with Gasteiger partial charge in [0.25, 0.3) is 5.91 Å². The molecule has 4 aliphatic heterocycles. The number of sulfonamides is 1. The highest BCUT2D eigenvalue weighted by Gasteiger charge is 2.51. The first-order valence-corrected chi connectivity index (χ1v) is 17.7. The molecule has 2 atom stereocenters. The number of carbonyl (C=O) groups excluding carboxylic acids is 3. The van der Waals surface area contributed by atoms with Crippen LogP contribution in [0.1, 0.15) is 36.0 Å².